The van der Waals surface area contributed by atoms with Crippen molar-refractivity contribution in [2.45, 2.75) is 31.9 Å². The van der Waals surface area contributed by atoms with Gasteiger partial charge in [-0.15, -0.1) is 4.68 Å². The van der Waals surface area contributed by atoms with Gasteiger partial charge in [0.05, 0.1) is 34.7 Å². The number of rotatable bonds is 8. The van der Waals surface area contributed by atoms with E-state index in [9.17, 15) is 13.2 Å². The first-order valence-corrected chi connectivity index (χ1v) is 12.1. The Morgan fingerprint density at radius 1 is 1.05 bits per heavy atom. The Kier molecular flexibility index (Phi) is 6.14. The number of halogens is 5. The zero-order valence-electron chi connectivity index (χ0n) is 19.5. The van der Waals surface area contributed by atoms with Gasteiger partial charge in [-0.1, -0.05) is 35.7 Å². The van der Waals surface area contributed by atoms with Crippen LogP contribution in [0.2, 0.25) is 5.02 Å². The fraction of sp³-hybridized carbons (Fsp3) is 0.250. The fourth-order valence-electron chi connectivity index (χ4n) is 4.48. The van der Waals surface area contributed by atoms with Crippen LogP contribution in [-0.4, -0.2) is 40.1 Å². The maximum Gasteiger partial charge on any atom is 0.333 e. The second-order valence-electron chi connectivity index (χ2n) is 9.00. The van der Waals surface area contributed by atoms with Crippen LogP contribution in [0, 0.1) is 17.6 Å². The smallest absolute Gasteiger partial charge is 0.263 e. The summed E-state index contributed by atoms with van der Waals surface area (Å²) in [5, 5.41) is 17.8. The van der Waals surface area contributed by atoms with Crippen LogP contribution in [0.1, 0.15) is 37.5 Å². The van der Waals surface area contributed by atoms with Crippen molar-refractivity contribution in [1.29, 1.82) is 0 Å². The van der Waals surface area contributed by atoms with Crippen molar-refractivity contribution >= 4 is 11.6 Å². The van der Waals surface area contributed by atoms with Crippen LogP contribution >= 0.6 is 11.6 Å². The van der Waals surface area contributed by atoms with Crippen LogP contribution in [0.15, 0.2) is 55.4 Å². The lowest BCUT2D eigenvalue weighted by molar-refractivity contribution is -0.659. The van der Waals surface area contributed by atoms with Crippen LogP contribution in [0.5, 0.6) is 0 Å². The van der Waals surface area contributed by atoms with Crippen molar-refractivity contribution in [2.24, 2.45) is 5.92 Å². The van der Waals surface area contributed by atoms with Crippen molar-refractivity contribution in [3.8, 4) is 28.1 Å². The first-order valence-electron chi connectivity index (χ1n) is 11.7. The maximum absolute atomic E-state index is 15.2. The molecule has 0 bridgehead atoms. The highest BCUT2D eigenvalue weighted by Crippen LogP contribution is 2.40. The van der Waals surface area contributed by atoms with Gasteiger partial charge in [0.15, 0.2) is 16.8 Å². The van der Waals surface area contributed by atoms with Gasteiger partial charge in [-0.25, -0.2) is 13.5 Å². The van der Waals surface area contributed by atoms with E-state index >= 15 is 4.39 Å². The monoisotopic (exact) mass is 544 g/mol. The first-order chi connectivity index (χ1) is 18.4. The molecule has 194 valence electrons. The number of nitrogens with zero attached hydrogens (tertiary/aromatic N) is 8. The van der Waals surface area contributed by atoms with Gasteiger partial charge in [-0.3, -0.25) is 9.67 Å². The molecule has 1 aromatic carbocycles. The van der Waals surface area contributed by atoms with Crippen LogP contribution in [0.25, 0.3) is 28.1 Å². The SMILES string of the molecule is Fc1cnn(C(F)F)c1-c1cnn([C@@H](CC2CC2)c2ccc(-c3c(-[n+]4cnn[nH]4)ccc(Cl)c3F)cn2)c1. The highest BCUT2D eigenvalue weighted by Gasteiger charge is 2.30. The van der Waals surface area contributed by atoms with Gasteiger partial charge in [0.2, 0.25) is 0 Å². The van der Waals surface area contributed by atoms with Crippen LogP contribution in [0.4, 0.5) is 17.6 Å². The van der Waals surface area contributed by atoms with E-state index < -0.39 is 18.2 Å². The van der Waals surface area contributed by atoms with E-state index in [1.54, 1.807) is 22.9 Å². The minimum Gasteiger partial charge on any atom is -0.263 e. The van der Waals surface area contributed by atoms with Gasteiger partial charge in [0, 0.05) is 23.5 Å². The molecule has 4 heterocycles. The topological polar surface area (TPSA) is 94.0 Å². The predicted molar refractivity (Wildman–Crippen MR) is 126 cm³/mol. The van der Waals surface area contributed by atoms with Gasteiger partial charge in [-0.05, 0) is 30.5 Å². The fourth-order valence-corrected chi connectivity index (χ4v) is 4.64. The second-order valence-corrected chi connectivity index (χ2v) is 9.40. The van der Waals surface area contributed by atoms with Gasteiger partial charge in [0.25, 0.3) is 6.33 Å². The summed E-state index contributed by atoms with van der Waals surface area (Å²) < 4.78 is 59.5. The Hall–Kier alpha value is -4.13. The molecule has 9 nitrogen and oxygen atoms in total. The lowest BCUT2D eigenvalue weighted by Gasteiger charge is -2.18. The minimum atomic E-state index is -3.00. The Labute approximate surface area is 217 Å². The summed E-state index contributed by atoms with van der Waals surface area (Å²) in [6.45, 7) is -3.00. The highest BCUT2D eigenvalue weighted by molar-refractivity contribution is 6.31. The van der Waals surface area contributed by atoms with Crippen molar-refractivity contribution in [2.75, 3.05) is 0 Å². The molecular weight excluding hydrogens is 526 g/mol. The van der Waals surface area contributed by atoms with E-state index in [2.05, 4.69) is 30.7 Å². The summed E-state index contributed by atoms with van der Waals surface area (Å²) in [4.78, 5) is 4.61. The number of pyridine rings is 1. The van der Waals surface area contributed by atoms with Gasteiger partial charge >= 0.3 is 6.55 Å². The number of tetrazole rings is 1. The van der Waals surface area contributed by atoms with Crippen LogP contribution in [-0.2, 0) is 0 Å². The number of nitrogens with one attached hydrogen (secondary N) is 1. The Morgan fingerprint density at radius 2 is 1.89 bits per heavy atom. The molecule has 5 aromatic rings. The zero-order chi connectivity index (χ0) is 26.4. The minimum absolute atomic E-state index is 0.0492. The highest BCUT2D eigenvalue weighted by atomic mass is 35.5. The number of hydrogen-bond donors (Lipinski definition) is 1. The molecule has 1 fully saturated rings. The number of benzene rings is 1. The number of hydrogen-bond acceptors (Lipinski definition) is 5. The van der Waals surface area contributed by atoms with E-state index in [4.69, 9.17) is 11.6 Å². The van der Waals surface area contributed by atoms with Gasteiger partial charge in [-0.2, -0.15) is 19.0 Å². The summed E-state index contributed by atoms with van der Waals surface area (Å²) in [6, 6.07) is 6.22. The molecule has 1 N–H and O–H groups in total. The molecule has 0 spiro atoms. The summed E-state index contributed by atoms with van der Waals surface area (Å²) in [6.07, 6.45) is 9.35. The third-order valence-electron chi connectivity index (χ3n) is 6.51. The Balaban J connectivity index is 1.37. The lowest BCUT2D eigenvalue weighted by atomic mass is 10.0. The van der Waals surface area contributed by atoms with E-state index in [1.165, 1.54) is 35.7 Å². The van der Waals surface area contributed by atoms with E-state index in [-0.39, 0.29) is 27.9 Å². The van der Waals surface area contributed by atoms with Crippen LogP contribution < -0.4 is 4.68 Å². The molecule has 38 heavy (non-hydrogen) atoms. The molecular formula is C24H19ClF4N9+. The van der Waals surface area contributed by atoms with Crippen LogP contribution in [0.3, 0.4) is 0 Å². The molecule has 1 aliphatic carbocycles. The molecule has 1 aliphatic rings. The maximum atomic E-state index is 15.2. The molecule has 4 aromatic heterocycles. The third kappa shape index (κ3) is 4.42. The molecule has 14 heteroatoms. The average molecular weight is 545 g/mol. The molecule has 0 saturated heterocycles. The summed E-state index contributed by atoms with van der Waals surface area (Å²) >= 11 is 6.07. The van der Waals surface area contributed by atoms with Gasteiger partial charge in [0.1, 0.15) is 16.5 Å². The predicted octanol–water partition coefficient (Wildman–Crippen LogP) is 4.92. The number of alkyl halides is 2. The quantitative estimate of drug-likeness (QED) is 0.221. The largest absolute Gasteiger partial charge is 0.333 e. The van der Waals surface area contributed by atoms with Gasteiger partial charge < -0.3 is 0 Å². The lowest BCUT2D eigenvalue weighted by Crippen LogP contribution is -2.33. The van der Waals surface area contributed by atoms with Crippen molar-refractivity contribution < 1.29 is 22.2 Å². The van der Waals surface area contributed by atoms with Crippen molar-refractivity contribution in [3.63, 3.8) is 0 Å². The molecule has 0 unspecified atom stereocenters. The number of H-pyrrole nitrogens is 1. The third-order valence-corrected chi connectivity index (χ3v) is 6.80. The summed E-state index contributed by atoms with van der Waals surface area (Å²) in [7, 11) is 0. The van der Waals surface area contributed by atoms with E-state index in [0.717, 1.165) is 19.0 Å². The van der Waals surface area contributed by atoms with E-state index in [0.29, 0.717) is 34.0 Å². The Bertz CT molecular complexity index is 1580. The second kappa shape index (κ2) is 9.63. The molecule has 1 atom stereocenters. The molecule has 1 saturated carbocycles. The Morgan fingerprint density at radius 3 is 2.58 bits per heavy atom. The molecule has 0 radical (unpaired) electrons. The summed E-state index contributed by atoms with van der Waals surface area (Å²) in [5.41, 5.74) is 1.60. The number of aromatic nitrogens is 9. The van der Waals surface area contributed by atoms with Crippen molar-refractivity contribution in [3.05, 3.63) is 77.7 Å². The van der Waals surface area contributed by atoms with E-state index in [1.807, 2.05) is 0 Å². The summed E-state index contributed by atoms with van der Waals surface area (Å²) in [5.74, 6) is -1.03. The molecule has 0 aliphatic heterocycles. The number of aromatic amines is 1. The normalized spacial score (nSPS) is 14.4. The zero-order valence-corrected chi connectivity index (χ0v) is 20.3. The molecule has 0 amide bonds. The standard InChI is InChI=1S/C24H18ClF4N9/c25-16-4-6-19(37-12-31-34-35-37)21(22(16)27)14-3-5-18(30-8-14)20(7-13-1-2-13)36-11-15(9-32-36)23-17(26)10-33-38(23)24(28)29/h3-6,8-13,20,24H,1-2,7H2/p+1/t20-/m0/s1. The van der Waals surface area contributed by atoms with Crippen molar-refractivity contribution in [1.82, 2.24) is 40.1 Å². The first kappa shape index (κ1) is 24.2. The average Bonchev–Trinajstić information content (AvgIpc) is 3.28. The molecule has 6 rings (SSSR count).